The van der Waals surface area contributed by atoms with Crippen LogP contribution in [0.2, 0.25) is 4.34 Å². The van der Waals surface area contributed by atoms with Crippen molar-refractivity contribution < 1.29 is 10.0 Å². The minimum atomic E-state index is -0.625. The number of fused-ring (bicyclic) bond motifs is 1. The molecule has 72 valence electrons. The molecule has 0 saturated heterocycles. The maximum atomic E-state index is 10.5. The summed E-state index contributed by atoms with van der Waals surface area (Å²) in [5, 5.41) is 20.5. The summed E-state index contributed by atoms with van der Waals surface area (Å²) in [5.74, 6) is -0.323. The van der Waals surface area contributed by atoms with E-state index >= 15 is 0 Å². The molecule has 2 aromatic rings. The SMILES string of the molecule is O=[N+]([O-])c1ccc2sc(Cl)cc2c1O. The first-order chi connectivity index (χ1) is 6.59. The van der Waals surface area contributed by atoms with E-state index in [4.69, 9.17) is 11.6 Å². The van der Waals surface area contributed by atoms with Crippen LogP contribution in [0.5, 0.6) is 5.75 Å². The molecule has 0 aliphatic carbocycles. The van der Waals surface area contributed by atoms with Gasteiger partial charge in [0.25, 0.3) is 0 Å². The first-order valence-corrected chi connectivity index (χ1v) is 4.84. The van der Waals surface area contributed by atoms with Gasteiger partial charge >= 0.3 is 5.69 Å². The summed E-state index contributed by atoms with van der Waals surface area (Å²) < 4.78 is 1.23. The molecule has 0 saturated carbocycles. The van der Waals surface area contributed by atoms with E-state index in [2.05, 4.69) is 0 Å². The van der Waals surface area contributed by atoms with Gasteiger partial charge in [0.1, 0.15) is 0 Å². The Kier molecular flexibility index (Phi) is 2.05. The Morgan fingerprint density at radius 2 is 2.21 bits per heavy atom. The van der Waals surface area contributed by atoms with E-state index in [-0.39, 0.29) is 11.4 Å². The molecular formula is C8H4ClNO3S. The third-order valence-corrected chi connectivity index (χ3v) is 3.05. The Morgan fingerprint density at radius 3 is 2.86 bits per heavy atom. The number of nitro benzene ring substituents is 1. The first-order valence-electron chi connectivity index (χ1n) is 3.65. The zero-order valence-corrected chi connectivity index (χ0v) is 8.30. The number of rotatable bonds is 1. The van der Waals surface area contributed by atoms with Crippen molar-refractivity contribution in [1.82, 2.24) is 0 Å². The number of hydrogen-bond acceptors (Lipinski definition) is 4. The van der Waals surface area contributed by atoms with Crippen LogP contribution < -0.4 is 0 Å². The number of phenols is 1. The second kappa shape index (κ2) is 3.11. The van der Waals surface area contributed by atoms with Crippen molar-refractivity contribution in [3.8, 4) is 5.75 Å². The summed E-state index contributed by atoms with van der Waals surface area (Å²) in [4.78, 5) is 9.86. The zero-order chi connectivity index (χ0) is 10.3. The third-order valence-electron chi connectivity index (χ3n) is 1.82. The smallest absolute Gasteiger partial charge is 0.311 e. The standard InChI is InChI=1S/C8H4ClNO3S/c9-7-3-4-6(14-7)2-1-5(8(4)11)10(12)13/h1-3,11H. The molecule has 1 aromatic carbocycles. The molecule has 0 aliphatic rings. The minimum absolute atomic E-state index is 0.299. The summed E-state index contributed by atoms with van der Waals surface area (Å²) in [6.07, 6.45) is 0. The number of nitrogens with zero attached hydrogens (tertiary/aromatic N) is 1. The van der Waals surface area contributed by atoms with E-state index in [1.54, 1.807) is 6.07 Å². The van der Waals surface area contributed by atoms with E-state index < -0.39 is 4.92 Å². The topological polar surface area (TPSA) is 63.4 Å². The molecule has 0 amide bonds. The van der Waals surface area contributed by atoms with Crippen LogP contribution in [-0.4, -0.2) is 10.0 Å². The second-order valence-corrected chi connectivity index (χ2v) is 4.37. The molecule has 0 unspecified atom stereocenters. The Labute approximate surface area is 87.5 Å². The lowest BCUT2D eigenvalue weighted by atomic mass is 10.2. The summed E-state index contributed by atoms with van der Waals surface area (Å²) in [6.45, 7) is 0. The largest absolute Gasteiger partial charge is 0.502 e. The fraction of sp³-hybridized carbons (Fsp3) is 0. The highest BCUT2D eigenvalue weighted by molar-refractivity contribution is 7.22. The summed E-state index contributed by atoms with van der Waals surface area (Å²) in [7, 11) is 0. The lowest BCUT2D eigenvalue weighted by Gasteiger charge is -1.95. The van der Waals surface area contributed by atoms with Gasteiger partial charge in [-0.3, -0.25) is 10.1 Å². The van der Waals surface area contributed by atoms with Crippen LogP contribution in [-0.2, 0) is 0 Å². The predicted octanol–water partition coefficient (Wildman–Crippen LogP) is 3.17. The highest BCUT2D eigenvalue weighted by Crippen LogP contribution is 2.39. The highest BCUT2D eigenvalue weighted by atomic mass is 35.5. The van der Waals surface area contributed by atoms with Gasteiger partial charge in [0.2, 0.25) is 5.75 Å². The fourth-order valence-electron chi connectivity index (χ4n) is 1.20. The van der Waals surface area contributed by atoms with Crippen molar-refractivity contribution in [3.05, 3.63) is 32.6 Å². The molecule has 1 N–H and O–H groups in total. The van der Waals surface area contributed by atoms with Crippen molar-refractivity contribution in [2.45, 2.75) is 0 Å². The van der Waals surface area contributed by atoms with Gasteiger partial charge in [-0.2, -0.15) is 0 Å². The fourth-order valence-corrected chi connectivity index (χ4v) is 2.35. The lowest BCUT2D eigenvalue weighted by Crippen LogP contribution is -1.87. The predicted molar refractivity (Wildman–Crippen MR) is 55.2 cm³/mol. The van der Waals surface area contributed by atoms with E-state index in [0.717, 1.165) is 4.70 Å². The van der Waals surface area contributed by atoms with Gasteiger partial charge in [-0.1, -0.05) is 11.6 Å². The second-order valence-electron chi connectivity index (χ2n) is 2.65. The van der Waals surface area contributed by atoms with Crippen LogP contribution in [0, 0.1) is 10.1 Å². The monoisotopic (exact) mass is 229 g/mol. The molecule has 0 fully saturated rings. The normalized spacial score (nSPS) is 10.6. The quantitative estimate of drug-likeness (QED) is 0.603. The number of halogens is 1. The van der Waals surface area contributed by atoms with Crippen LogP contribution in [0.1, 0.15) is 0 Å². The summed E-state index contributed by atoms with van der Waals surface area (Å²) >= 11 is 6.99. The maximum Gasteiger partial charge on any atom is 0.311 e. The van der Waals surface area contributed by atoms with E-state index in [1.165, 1.54) is 23.5 Å². The Balaban J connectivity index is 2.80. The highest BCUT2D eigenvalue weighted by Gasteiger charge is 2.17. The zero-order valence-electron chi connectivity index (χ0n) is 6.73. The Hall–Kier alpha value is -1.33. The van der Waals surface area contributed by atoms with Gasteiger partial charge in [-0.25, -0.2) is 0 Å². The Bertz CT molecular complexity index is 523. The van der Waals surface area contributed by atoms with Crippen LogP contribution in [0.25, 0.3) is 10.1 Å². The van der Waals surface area contributed by atoms with Crippen molar-refractivity contribution in [2.75, 3.05) is 0 Å². The van der Waals surface area contributed by atoms with Crippen LogP contribution >= 0.6 is 22.9 Å². The molecule has 2 rings (SSSR count). The maximum absolute atomic E-state index is 10.5. The number of hydrogen-bond donors (Lipinski definition) is 1. The minimum Gasteiger partial charge on any atom is -0.502 e. The molecule has 0 spiro atoms. The molecular weight excluding hydrogens is 226 g/mol. The third kappa shape index (κ3) is 1.30. The Morgan fingerprint density at radius 1 is 1.50 bits per heavy atom. The molecule has 14 heavy (non-hydrogen) atoms. The number of nitro groups is 1. The molecule has 1 heterocycles. The van der Waals surface area contributed by atoms with Gasteiger partial charge in [-0.15, -0.1) is 11.3 Å². The average Bonchev–Trinajstić information content (AvgIpc) is 2.46. The molecule has 0 radical (unpaired) electrons. The van der Waals surface area contributed by atoms with Gasteiger partial charge in [0.15, 0.2) is 0 Å². The van der Waals surface area contributed by atoms with Crippen molar-refractivity contribution in [2.24, 2.45) is 0 Å². The molecule has 0 atom stereocenters. The first kappa shape index (κ1) is 9.23. The summed E-state index contributed by atoms with van der Waals surface area (Å²) in [6, 6.07) is 4.36. The van der Waals surface area contributed by atoms with Gasteiger partial charge < -0.3 is 5.11 Å². The molecule has 1 aromatic heterocycles. The molecule has 6 heteroatoms. The van der Waals surface area contributed by atoms with E-state index in [0.29, 0.717) is 9.72 Å². The molecule has 0 bridgehead atoms. The average molecular weight is 230 g/mol. The van der Waals surface area contributed by atoms with Crippen LogP contribution in [0.4, 0.5) is 5.69 Å². The van der Waals surface area contributed by atoms with Gasteiger partial charge in [0, 0.05) is 16.2 Å². The number of phenolic OH excluding ortho intramolecular Hbond substituents is 1. The van der Waals surface area contributed by atoms with E-state index in [9.17, 15) is 15.2 Å². The number of aromatic hydroxyl groups is 1. The van der Waals surface area contributed by atoms with Crippen molar-refractivity contribution in [1.29, 1.82) is 0 Å². The van der Waals surface area contributed by atoms with Gasteiger partial charge in [-0.05, 0) is 12.1 Å². The summed E-state index contributed by atoms with van der Waals surface area (Å²) in [5.41, 5.74) is -0.299. The molecule has 0 aliphatic heterocycles. The van der Waals surface area contributed by atoms with Crippen LogP contribution in [0.15, 0.2) is 18.2 Å². The number of benzene rings is 1. The van der Waals surface area contributed by atoms with Crippen LogP contribution in [0.3, 0.4) is 0 Å². The van der Waals surface area contributed by atoms with Gasteiger partial charge in [0.05, 0.1) is 9.26 Å². The van der Waals surface area contributed by atoms with Crippen molar-refractivity contribution in [3.63, 3.8) is 0 Å². The molecule has 4 nitrogen and oxygen atoms in total. The number of thiophene rings is 1. The van der Waals surface area contributed by atoms with Crippen molar-refractivity contribution >= 4 is 38.7 Å². The lowest BCUT2D eigenvalue weighted by molar-refractivity contribution is -0.385. The van der Waals surface area contributed by atoms with E-state index in [1.807, 2.05) is 0 Å².